The van der Waals surface area contributed by atoms with Crippen LogP contribution < -0.4 is 5.32 Å². The maximum atomic E-state index is 11.7. The molecule has 0 aromatic rings. The summed E-state index contributed by atoms with van der Waals surface area (Å²) in [6.45, 7) is 4.20. The van der Waals surface area contributed by atoms with Crippen LogP contribution in [0.5, 0.6) is 0 Å². The molecule has 26 heavy (non-hydrogen) atoms. The van der Waals surface area contributed by atoms with E-state index in [1.54, 1.807) is 0 Å². The Morgan fingerprint density at radius 3 is 1.54 bits per heavy atom. The van der Waals surface area contributed by atoms with E-state index in [1.165, 1.54) is 84.0 Å². The highest BCUT2D eigenvalue weighted by atomic mass is 16.4. The molecule has 0 bridgehead atoms. The zero-order valence-corrected chi connectivity index (χ0v) is 16.8. The number of oxime groups is 2. The van der Waals surface area contributed by atoms with Gasteiger partial charge in [0.2, 0.25) is 0 Å². The van der Waals surface area contributed by atoms with E-state index in [-0.39, 0.29) is 11.4 Å². The van der Waals surface area contributed by atoms with E-state index in [4.69, 9.17) is 10.4 Å². The second-order valence-corrected chi connectivity index (χ2v) is 6.99. The monoisotopic (exact) mass is 369 g/mol. The highest BCUT2D eigenvalue weighted by molar-refractivity contribution is 6.66. The predicted molar refractivity (Wildman–Crippen MR) is 107 cm³/mol. The van der Waals surface area contributed by atoms with E-state index in [1.807, 2.05) is 0 Å². The molecule has 0 aromatic carbocycles. The lowest BCUT2D eigenvalue weighted by atomic mass is 10.0. The summed E-state index contributed by atoms with van der Waals surface area (Å²) in [5.41, 5.74) is -0.260. The quantitative estimate of drug-likeness (QED) is 0.141. The molecule has 6 heteroatoms. The SMILES string of the molecule is CCCCCCCCCCCCCCCCNC(=O)C(=N\O)/C(C)=N/O. The number of rotatable bonds is 17. The third kappa shape index (κ3) is 13.7. The Morgan fingerprint density at radius 2 is 1.15 bits per heavy atom. The van der Waals surface area contributed by atoms with E-state index < -0.39 is 5.91 Å². The van der Waals surface area contributed by atoms with Crippen molar-refractivity contribution < 1.29 is 15.2 Å². The minimum atomic E-state index is -0.516. The van der Waals surface area contributed by atoms with Crippen molar-refractivity contribution in [2.45, 2.75) is 104 Å². The van der Waals surface area contributed by atoms with Crippen molar-refractivity contribution in [3.63, 3.8) is 0 Å². The summed E-state index contributed by atoms with van der Waals surface area (Å²) in [6, 6.07) is 0. The second-order valence-electron chi connectivity index (χ2n) is 6.99. The van der Waals surface area contributed by atoms with Gasteiger partial charge in [0.05, 0.1) is 0 Å². The number of carbonyl (C=O) groups is 1. The number of nitrogens with zero attached hydrogens (tertiary/aromatic N) is 2. The predicted octanol–water partition coefficient (Wildman–Crippen LogP) is 5.26. The molecule has 0 aliphatic carbocycles. The van der Waals surface area contributed by atoms with Gasteiger partial charge in [-0.1, -0.05) is 101 Å². The van der Waals surface area contributed by atoms with E-state index in [0.29, 0.717) is 6.54 Å². The molecule has 0 radical (unpaired) electrons. The van der Waals surface area contributed by atoms with Gasteiger partial charge in [0.25, 0.3) is 5.91 Å². The molecule has 0 spiro atoms. The van der Waals surface area contributed by atoms with E-state index in [0.717, 1.165) is 12.8 Å². The minimum Gasteiger partial charge on any atom is -0.411 e. The maximum Gasteiger partial charge on any atom is 0.275 e. The zero-order chi connectivity index (χ0) is 19.5. The van der Waals surface area contributed by atoms with Crippen LogP contribution in [0, 0.1) is 0 Å². The molecule has 0 fully saturated rings. The maximum absolute atomic E-state index is 11.7. The molecule has 0 atom stereocenters. The number of nitrogens with one attached hydrogen (secondary N) is 1. The van der Waals surface area contributed by atoms with Gasteiger partial charge in [-0.3, -0.25) is 4.79 Å². The van der Waals surface area contributed by atoms with Crippen LogP contribution in [0.4, 0.5) is 0 Å². The fourth-order valence-corrected chi connectivity index (χ4v) is 2.93. The molecule has 0 aliphatic heterocycles. The zero-order valence-electron chi connectivity index (χ0n) is 16.8. The summed E-state index contributed by atoms with van der Waals surface area (Å²) in [7, 11) is 0. The molecule has 0 saturated heterocycles. The Balaban J connectivity index is 3.38. The van der Waals surface area contributed by atoms with Gasteiger partial charge in [0, 0.05) is 6.54 Å². The number of hydrogen-bond donors (Lipinski definition) is 3. The van der Waals surface area contributed by atoms with E-state index in [2.05, 4.69) is 22.6 Å². The Morgan fingerprint density at radius 1 is 0.731 bits per heavy atom. The molecule has 0 saturated carbocycles. The van der Waals surface area contributed by atoms with Crippen molar-refractivity contribution in [3.8, 4) is 0 Å². The highest BCUT2D eigenvalue weighted by Gasteiger charge is 2.15. The van der Waals surface area contributed by atoms with Gasteiger partial charge >= 0.3 is 0 Å². The Kier molecular flexibility index (Phi) is 17.1. The summed E-state index contributed by atoms with van der Waals surface area (Å²) in [5, 5.41) is 25.8. The van der Waals surface area contributed by atoms with Gasteiger partial charge in [0.15, 0.2) is 5.71 Å². The van der Waals surface area contributed by atoms with Gasteiger partial charge in [-0.2, -0.15) is 0 Å². The summed E-state index contributed by atoms with van der Waals surface area (Å²) in [5.74, 6) is -0.516. The molecule has 0 heterocycles. The lowest BCUT2D eigenvalue weighted by Crippen LogP contribution is -2.35. The van der Waals surface area contributed by atoms with E-state index >= 15 is 0 Å². The number of amides is 1. The largest absolute Gasteiger partial charge is 0.411 e. The second kappa shape index (κ2) is 18.2. The molecule has 0 rings (SSSR count). The third-order valence-electron chi connectivity index (χ3n) is 4.62. The molecule has 6 nitrogen and oxygen atoms in total. The van der Waals surface area contributed by atoms with Crippen molar-refractivity contribution >= 4 is 17.3 Å². The molecule has 0 aromatic heterocycles. The van der Waals surface area contributed by atoms with Crippen LogP contribution in [-0.2, 0) is 4.79 Å². The Bertz CT molecular complexity index is 409. The first-order chi connectivity index (χ1) is 12.7. The standard InChI is InChI=1S/C20H39N3O3/c1-3-4-5-6-7-8-9-10-11-12-13-14-15-16-17-21-20(24)19(23-26)18(2)22-25/h25-26H,3-17H2,1-2H3,(H,21,24)/b22-18+,23-19-. The van der Waals surface area contributed by atoms with Crippen LogP contribution in [-0.4, -0.2) is 34.3 Å². The molecule has 0 aliphatic rings. The van der Waals surface area contributed by atoms with Gasteiger partial charge in [-0.05, 0) is 13.3 Å². The van der Waals surface area contributed by atoms with Gasteiger partial charge in [-0.25, -0.2) is 0 Å². The van der Waals surface area contributed by atoms with Crippen LogP contribution in [0.1, 0.15) is 104 Å². The first kappa shape index (κ1) is 24.4. The van der Waals surface area contributed by atoms with Crippen molar-refractivity contribution in [1.82, 2.24) is 5.32 Å². The molecular formula is C20H39N3O3. The van der Waals surface area contributed by atoms with Crippen molar-refractivity contribution in [2.24, 2.45) is 10.3 Å². The molecule has 0 unspecified atom stereocenters. The lowest BCUT2D eigenvalue weighted by Gasteiger charge is -2.06. The first-order valence-corrected chi connectivity index (χ1v) is 10.4. The number of unbranched alkanes of at least 4 members (excludes halogenated alkanes) is 13. The fraction of sp³-hybridized carbons (Fsp3) is 0.850. The normalized spacial score (nSPS) is 12.4. The summed E-state index contributed by atoms with van der Waals surface area (Å²) < 4.78 is 0. The van der Waals surface area contributed by atoms with Crippen molar-refractivity contribution in [1.29, 1.82) is 0 Å². The first-order valence-electron chi connectivity index (χ1n) is 10.4. The summed E-state index contributed by atoms with van der Waals surface area (Å²) in [4.78, 5) is 11.7. The van der Waals surface area contributed by atoms with Crippen LogP contribution in [0.25, 0.3) is 0 Å². The molecule has 3 N–H and O–H groups in total. The number of hydrogen-bond acceptors (Lipinski definition) is 5. The topological polar surface area (TPSA) is 94.3 Å². The average Bonchev–Trinajstić information content (AvgIpc) is 2.65. The van der Waals surface area contributed by atoms with Crippen LogP contribution in [0.15, 0.2) is 10.3 Å². The lowest BCUT2D eigenvalue weighted by molar-refractivity contribution is -0.114. The smallest absolute Gasteiger partial charge is 0.275 e. The Labute approximate surface area is 159 Å². The van der Waals surface area contributed by atoms with Crippen LogP contribution in [0.3, 0.4) is 0 Å². The molecule has 1 amide bonds. The van der Waals surface area contributed by atoms with Crippen molar-refractivity contribution in [2.75, 3.05) is 6.54 Å². The van der Waals surface area contributed by atoms with Gasteiger partial charge < -0.3 is 15.7 Å². The Hall–Kier alpha value is -1.59. The van der Waals surface area contributed by atoms with Gasteiger partial charge in [0.1, 0.15) is 5.71 Å². The van der Waals surface area contributed by atoms with Crippen LogP contribution in [0.2, 0.25) is 0 Å². The molecular weight excluding hydrogens is 330 g/mol. The van der Waals surface area contributed by atoms with Gasteiger partial charge in [-0.15, -0.1) is 0 Å². The molecule has 152 valence electrons. The third-order valence-corrected chi connectivity index (χ3v) is 4.62. The summed E-state index contributed by atoms with van der Waals surface area (Å²) >= 11 is 0. The fourth-order valence-electron chi connectivity index (χ4n) is 2.93. The number of carbonyl (C=O) groups excluding carboxylic acids is 1. The van der Waals surface area contributed by atoms with Crippen LogP contribution >= 0.6 is 0 Å². The van der Waals surface area contributed by atoms with Crippen molar-refractivity contribution in [3.05, 3.63) is 0 Å². The summed E-state index contributed by atoms with van der Waals surface area (Å²) in [6.07, 6.45) is 18.1. The van der Waals surface area contributed by atoms with E-state index in [9.17, 15) is 4.79 Å². The average molecular weight is 370 g/mol. The minimum absolute atomic E-state index is 0.00837. The highest BCUT2D eigenvalue weighted by Crippen LogP contribution is 2.12.